The molecule has 1 N–H and O–H groups in total. The summed E-state index contributed by atoms with van der Waals surface area (Å²) >= 11 is 0. The van der Waals surface area contributed by atoms with Crippen molar-refractivity contribution in [2.75, 3.05) is 5.32 Å². The van der Waals surface area contributed by atoms with Gasteiger partial charge in [0.2, 0.25) is 11.8 Å². The van der Waals surface area contributed by atoms with Gasteiger partial charge in [-0.15, -0.1) is 0 Å². The lowest BCUT2D eigenvalue weighted by molar-refractivity contribution is -0.115. The molecule has 0 spiro atoms. The predicted molar refractivity (Wildman–Crippen MR) is 67.4 cm³/mol. The van der Waals surface area contributed by atoms with Crippen molar-refractivity contribution in [1.29, 1.82) is 0 Å². The van der Waals surface area contributed by atoms with E-state index in [-0.39, 0.29) is 23.4 Å². The standard InChI is InChI=1S/C13H11F2N3O2/c1-2-12(19)18-11-6-17-13(7-16-11)20-10-4-3-8(14)5-9(10)15/h3-7H,2H2,1H3,(H,16,18,19). The van der Waals surface area contributed by atoms with Crippen LogP contribution in [0.3, 0.4) is 0 Å². The second kappa shape index (κ2) is 6.05. The van der Waals surface area contributed by atoms with Crippen molar-refractivity contribution in [1.82, 2.24) is 9.97 Å². The lowest BCUT2D eigenvalue weighted by Gasteiger charge is -2.06. The molecule has 5 nitrogen and oxygen atoms in total. The number of halogens is 2. The lowest BCUT2D eigenvalue weighted by Crippen LogP contribution is -2.10. The minimum atomic E-state index is -0.838. The van der Waals surface area contributed by atoms with Crippen molar-refractivity contribution >= 4 is 11.7 Å². The molecule has 1 heterocycles. The molecule has 0 unspecified atom stereocenters. The fraction of sp³-hybridized carbons (Fsp3) is 0.154. The van der Waals surface area contributed by atoms with Crippen LogP contribution >= 0.6 is 0 Å². The maximum Gasteiger partial charge on any atom is 0.238 e. The molecule has 1 aromatic heterocycles. The third-order valence-electron chi connectivity index (χ3n) is 2.33. The number of carbonyl (C=O) groups excluding carboxylic acids is 1. The van der Waals surface area contributed by atoms with E-state index < -0.39 is 11.6 Å². The largest absolute Gasteiger partial charge is 0.434 e. The molecule has 2 aromatic rings. The molecule has 20 heavy (non-hydrogen) atoms. The Kier molecular flexibility index (Phi) is 4.19. The van der Waals surface area contributed by atoms with E-state index in [2.05, 4.69) is 15.3 Å². The molecule has 0 saturated carbocycles. The first-order chi connectivity index (χ1) is 9.58. The van der Waals surface area contributed by atoms with Crippen molar-refractivity contribution < 1.29 is 18.3 Å². The number of nitrogens with one attached hydrogen (secondary N) is 1. The Morgan fingerprint density at radius 2 is 2.10 bits per heavy atom. The zero-order valence-corrected chi connectivity index (χ0v) is 10.6. The normalized spacial score (nSPS) is 10.2. The summed E-state index contributed by atoms with van der Waals surface area (Å²) in [5.41, 5.74) is 0. The van der Waals surface area contributed by atoms with Gasteiger partial charge in [0.05, 0.1) is 12.4 Å². The molecule has 0 saturated heterocycles. The van der Waals surface area contributed by atoms with Gasteiger partial charge >= 0.3 is 0 Å². The van der Waals surface area contributed by atoms with Gasteiger partial charge < -0.3 is 10.1 Å². The summed E-state index contributed by atoms with van der Waals surface area (Å²) in [6, 6.07) is 2.93. The lowest BCUT2D eigenvalue weighted by atomic mass is 10.3. The second-order valence-corrected chi connectivity index (χ2v) is 3.82. The van der Waals surface area contributed by atoms with E-state index in [9.17, 15) is 13.6 Å². The number of rotatable bonds is 4. The fourth-order valence-corrected chi connectivity index (χ4v) is 1.34. The van der Waals surface area contributed by atoms with Gasteiger partial charge in [-0.2, -0.15) is 0 Å². The maximum absolute atomic E-state index is 13.4. The molecule has 0 atom stereocenters. The van der Waals surface area contributed by atoms with Crippen molar-refractivity contribution in [2.24, 2.45) is 0 Å². The molecule has 2 rings (SSSR count). The zero-order chi connectivity index (χ0) is 14.5. The molecule has 0 bridgehead atoms. The average molecular weight is 279 g/mol. The molecule has 0 aliphatic heterocycles. The summed E-state index contributed by atoms with van der Waals surface area (Å²) in [5.74, 6) is -1.59. The van der Waals surface area contributed by atoms with E-state index in [1.807, 2.05) is 0 Å². The molecule has 1 aromatic carbocycles. The number of aromatic nitrogens is 2. The van der Waals surface area contributed by atoms with Crippen molar-refractivity contribution in [2.45, 2.75) is 13.3 Å². The quantitative estimate of drug-likeness (QED) is 0.934. The summed E-state index contributed by atoms with van der Waals surface area (Å²) in [6.45, 7) is 1.71. The van der Waals surface area contributed by atoms with E-state index in [4.69, 9.17) is 4.74 Å². The molecule has 0 radical (unpaired) electrons. The number of nitrogens with zero attached hydrogens (tertiary/aromatic N) is 2. The second-order valence-electron chi connectivity index (χ2n) is 3.82. The monoisotopic (exact) mass is 279 g/mol. The van der Waals surface area contributed by atoms with Crippen LogP contribution in [0, 0.1) is 11.6 Å². The number of hydrogen-bond donors (Lipinski definition) is 1. The highest BCUT2D eigenvalue weighted by molar-refractivity contribution is 5.89. The number of hydrogen-bond acceptors (Lipinski definition) is 4. The summed E-state index contributed by atoms with van der Waals surface area (Å²) in [4.78, 5) is 18.9. The van der Waals surface area contributed by atoms with Gasteiger partial charge in [-0.1, -0.05) is 6.92 Å². The molecule has 0 fully saturated rings. The third kappa shape index (κ3) is 3.47. The van der Waals surface area contributed by atoms with Crippen LogP contribution in [0.15, 0.2) is 30.6 Å². The number of amides is 1. The van der Waals surface area contributed by atoms with Gasteiger partial charge in [-0.05, 0) is 12.1 Å². The summed E-state index contributed by atoms with van der Waals surface area (Å²) in [5, 5.41) is 2.51. The summed E-state index contributed by atoms with van der Waals surface area (Å²) < 4.78 is 31.2. The van der Waals surface area contributed by atoms with E-state index in [0.29, 0.717) is 12.5 Å². The minimum absolute atomic E-state index is 0.0324. The van der Waals surface area contributed by atoms with Crippen LogP contribution in [-0.2, 0) is 4.79 Å². The van der Waals surface area contributed by atoms with Crippen LogP contribution in [-0.4, -0.2) is 15.9 Å². The Hall–Kier alpha value is -2.57. The average Bonchev–Trinajstić information content (AvgIpc) is 2.44. The number of benzene rings is 1. The Bertz CT molecular complexity index is 618. The Morgan fingerprint density at radius 1 is 1.30 bits per heavy atom. The summed E-state index contributed by atoms with van der Waals surface area (Å²) in [6.07, 6.45) is 2.83. The number of anilines is 1. The molecule has 7 heteroatoms. The highest BCUT2D eigenvalue weighted by Crippen LogP contribution is 2.23. The highest BCUT2D eigenvalue weighted by atomic mass is 19.1. The Morgan fingerprint density at radius 3 is 2.70 bits per heavy atom. The fourth-order valence-electron chi connectivity index (χ4n) is 1.34. The van der Waals surface area contributed by atoms with Crippen molar-refractivity contribution in [3.8, 4) is 11.6 Å². The molecular formula is C13H11F2N3O2. The van der Waals surface area contributed by atoms with Gasteiger partial charge in [0.15, 0.2) is 17.4 Å². The van der Waals surface area contributed by atoms with E-state index in [0.717, 1.165) is 12.1 Å². The van der Waals surface area contributed by atoms with E-state index in [1.54, 1.807) is 6.92 Å². The first-order valence-electron chi connectivity index (χ1n) is 5.83. The number of ether oxygens (including phenoxy) is 1. The predicted octanol–water partition coefficient (Wildman–Crippen LogP) is 2.90. The summed E-state index contributed by atoms with van der Waals surface area (Å²) in [7, 11) is 0. The topological polar surface area (TPSA) is 64.1 Å². The molecule has 1 amide bonds. The van der Waals surface area contributed by atoms with Gasteiger partial charge in [-0.25, -0.2) is 18.7 Å². The van der Waals surface area contributed by atoms with Crippen LogP contribution in [0.25, 0.3) is 0 Å². The Balaban J connectivity index is 2.08. The molecule has 0 aliphatic rings. The smallest absolute Gasteiger partial charge is 0.238 e. The maximum atomic E-state index is 13.4. The van der Waals surface area contributed by atoms with Crippen LogP contribution in [0.5, 0.6) is 11.6 Å². The van der Waals surface area contributed by atoms with Crippen LogP contribution in [0.4, 0.5) is 14.6 Å². The third-order valence-corrected chi connectivity index (χ3v) is 2.33. The minimum Gasteiger partial charge on any atom is -0.434 e. The van der Waals surface area contributed by atoms with Crippen LogP contribution < -0.4 is 10.1 Å². The van der Waals surface area contributed by atoms with Crippen molar-refractivity contribution in [3.63, 3.8) is 0 Å². The van der Waals surface area contributed by atoms with E-state index in [1.165, 1.54) is 12.4 Å². The van der Waals surface area contributed by atoms with Gasteiger partial charge in [0.1, 0.15) is 5.82 Å². The van der Waals surface area contributed by atoms with Crippen LogP contribution in [0.1, 0.15) is 13.3 Å². The first kappa shape index (κ1) is 13.9. The Labute approximate surface area is 113 Å². The molecule has 104 valence electrons. The zero-order valence-electron chi connectivity index (χ0n) is 10.6. The SMILES string of the molecule is CCC(=O)Nc1cnc(Oc2ccc(F)cc2F)cn1. The number of carbonyl (C=O) groups is 1. The van der Waals surface area contributed by atoms with E-state index >= 15 is 0 Å². The van der Waals surface area contributed by atoms with Crippen molar-refractivity contribution in [3.05, 3.63) is 42.2 Å². The first-order valence-corrected chi connectivity index (χ1v) is 5.83. The van der Waals surface area contributed by atoms with Gasteiger partial charge in [0.25, 0.3) is 0 Å². The van der Waals surface area contributed by atoms with Gasteiger partial charge in [0, 0.05) is 12.5 Å². The highest BCUT2D eigenvalue weighted by Gasteiger charge is 2.08. The van der Waals surface area contributed by atoms with Crippen LogP contribution in [0.2, 0.25) is 0 Å². The molecular weight excluding hydrogens is 268 g/mol. The molecule has 0 aliphatic carbocycles. The van der Waals surface area contributed by atoms with Gasteiger partial charge in [-0.3, -0.25) is 4.79 Å².